The molecule has 2 atom stereocenters. The van der Waals surface area contributed by atoms with Crippen molar-refractivity contribution in [2.45, 2.75) is 13.3 Å². The molecule has 1 aliphatic heterocycles. The molecule has 0 saturated carbocycles. The van der Waals surface area contributed by atoms with Crippen LogP contribution in [0.5, 0.6) is 5.75 Å². The van der Waals surface area contributed by atoms with Crippen molar-refractivity contribution < 1.29 is 13.9 Å². The van der Waals surface area contributed by atoms with Crippen LogP contribution >= 0.6 is 0 Å². The third-order valence-electron chi connectivity index (χ3n) is 4.10. The van der Waals surface area contributed by atoms with Gasteiger partial charge < -0.3 is 15.4 Å². The van der Waals surface area contributed by atoms with E-state index in [0.717, 1.165) is 13.0 Å². The van der Waals surface area contributed by atoms with Crippen molar-refractivity contribution in [3.63, 3.8) is 0 Å². The number of rotatable bonds is 3. The van der Waals surface area contributed by atoms with Gasteiger partial charge in [0.2, 0.25) is 0 Å². The number of halogens is 1. The maximum absolute atomic E-state index is 13.4. The van der Waals surface area contributed by atoms with E-state index in [0.29, 0.717) is 30.5 Å². The number of nitrogens with zero attached hydrogens (tertiary/aromatic N) is 1. The lowest BCUT2D eigenvalue weighted by Gasteiger charge is -2.36. The van der Waals surface area contributed by atoms with Gasteiger partial charge in [-0.1, -0.05) is 6.92 Å². The zero-order valence-electron chi connectivity index (χ0n) is 11.9. The van der Waals surface area contributed by atoms with Gasteiger partial charge in [0.05, 0.1) is 7.11 Å². The summed E-state index contributed by atoms with van der Waals surface area (Å²) in [6.07, 6.45) is 0.950. The fourth-order valence-electron chi connectivity index (χ4n) is 2.62. The van der Waals surface area contributed by atoms with Crippen molar-refractivity contribution in [3.8, 4) is 5.75 Å². The Balaban J connectivity index is 2.15. The highest BCUT2D eigenvalue weighted by Gasteiger charge is 2.28. The Morgan fingerprint density at radius 2 is 2.30 bits per heavy atom. The lowest BCUT2D eigenvalue weighted by Crippen LogP contribution is -2.45. The molecule has 0 bridgehead atoms. The van der Waals surface area contributed by atoms with Gasteiger partial charge in [-0.15, -0.1) is 0 Å². The predicted octanol–water partition coefficient (Wildman–Crippen LogP) is 1.89. The monoisotopic (exact) mass is 280 g/mol. The molecular weight excluding hydrogens is 259 g/mol. The van der Waals surface area contributed by atoms with Crippen molar-refractivity contribution in [2.24, 2.45) is 17.6 Å². The lowest BCUT2D eigenvalue weighted by atomic mass is 9.87. The number of carbonyl (C=O) groups is 1. The Labute approximate surface area is 118 Å². The number of amides is 1. The predicted molar refractivity (Wildman–Crippen MR) is 75.2 cm³/mol. The fraction of sp³-hybridized carbons (Fsp3) is 0.533. The molecule has 2 unspecified atom stereocenters. The lowest BCUT2D eigenvalue weighted by molar-refractivity contribution is 0.0618. The zero-order valence-corrected chi connectivity index (χ0v) is 11.9. The minimum atomic E-state index is -0.462. The Morgan fingerprint density at radius 3 is 2.95 bits per heavy atom. The first-order valence-corrected chi connectivity index (χ1v) is 6.89. The third kappa shape index (κ3) is 2.93. The van der Waals surface area contributed by atoms with E-state index in [9.17, 15) is 9.18 Å². The average molecular weight is 280 g/mol. The van der Waals surface area contributed by atoms with Crippen LogP contribution in [0.3, 0.4) is 0 Å². The van der Waals surface area contributed by atoms with Crippen LogP contribution in [0, 0.1) is 17.7 Å². The maximum atomic E-state index is 13.4. The Hall–Kier alpha value is -1.62. The van der Waals surface area contributed by atoms with E-state index < -0.39 is 5.82 Å². The number of hydrogen-bond donors (Lipinski definition) is 1. The molecule has 0 aromatic heterocycles. The molecule has 1 heterocycles. The first-order chi connectivity index (χ1) is 9.56. The molecule has 0 radical (unpaired) electrons. The van der Waals surface area contributed by atoms with Gasteiger partial charge >= 0.3 is 0 Å². The highest BCUT2D eigenvalue weighted by molar-refractivity contribution is 5.94. The average Bonchev–Trinajstić information content (AvgIpc) is 2.47. The van der Waals surface area contributed by atoms with E-state index in [-0.39, 0.29) is 11.7 Å². The third-order valence-corrected chi connectivity index (χ3v) is 4.10. The van der Waals surface area contributed by atoms with E-state index in [1.165, 1.54) is 25.3 Å². The number of carbonyl (C=O) groups excluding carboxylic acids is 1. The van der Waals surface area contributed by atoms with Crippen LogP contribution < -0.4 is 10.5 Å². The standard InChI is InChI=1S/C15H21FN2O2/c1-10-5-6-18(9-12(10)8-17)15(19)11-3-4-13(16)14(7-11)20-2/h3-4,7,10,12H,5-6,8-9,17H2,1-2H3. The Morgan fingerprint density at radius 1 is 1.55 bits per heavy atom. The highest BCUT2D eigenvalue weighted by Crippen LogP contribution is 2.25. The molecule has 1 aromatic carbocycles. The SMILES string of the molecule is COc1cc(C(=O)N2CCC(C)C(CN)C2)ccc1F. The first-order valence-electron chi connectivity index (χ1n) is 6.89. The van der Waals surface area contributed by atoms with Crippen LogP contribution in [-0.2, 0) is 0 Å². The van der Waals surface area contributed by atoms with Gasteiger partial charge in [0.15, 0.2) is 11.6 Å². The van der Waals surface area contributed by atoms with Gasteiger partial charge in [-0.05, 0) is 43.0 Å². The van der Waals surface area contributed by atoms with Gasteiger partial charge in [0.1, 0.15) is 0 Å². The molecule has 4 nitrogen and oxygen atoms in total. The van der Waals surface area contributed by atoms with E-state index in [4.69, 9.17) is 10.5 Å². The summed E-state index contributed by atoms with van der Waals surface area (Å²) in [4.78, 5) is 14.3. The molecular formula is C15H21FN2O2. The molecule has 0 aliphatic carbocycles. The van der Waals surface area contributed by atoms with E-state index >= 15 is 0 Å². The normalized spacial score (nSPS) is 22.7. The number of likely N-dealkylation sites (tertiary alicyclic amines) is 1. The molecule has 1 fully saturated rings. The number of methoxy groups -OCH3 is 1. The summed E-state index contributed by atoms with van der Waals surface area (Å²) in [6, 6.07) is 4.21. The van der Waals surface area contributed by atoms with Crippen molar-refractivity contribution in [2.75, 3.05) is 26.7 Å². The summed E-state index contributed by atoms with van der Waals surface area (Å²) in [6.45, 7) is 4.13. The summed E-state index contributed by atoms with van der Waals surface area (Å²) in [5.41, 5.74) is 6.21. The molecule has 5 heteroatoms. The summed E-state index contributed by atoms with van der Waals surface area (Å²) in [5, 5.41) is 0. The van der Waals surface area contributed by atoms with Gasteiger partial charge in [0, 0.05) is 18.7 Å². The molecule has 0 spiro atoms. The van der Waals surface area contributed by atoms with Gasteiger partial charge in [0.25, 0.3) is 5.91 Å². The maximum Gasteiger partial charge on any atom is 0.254 e. The zero-order chi connectivity index (χ0) is 14.7. The van der Waals surface area contributed by atoms with Crippen LogP contribution in [0.4, 0.5) is 4.39 Å². The van der Waals surface area contributed by atoms with Crippen LogP contribution in [0.2, 0.25) is 0 Å². The van der Waals surface area contributed by atoms with Crippen LogP contribution in [0.15, 0.2) is 18.2 Å². The molecule has 20 heavy (non-hydrogen) atoms. The topological polar surface area (TPSA) is 55.6 Å². The minimum absolute atomic E-state index is 0.0892. The van der Waals surface area contributed by atoms with Crippen molar-refractivity contribution in [3.05, 3.63) is 29.6 Å². The summed E-state index contributed by atoms with van der Waals surface area (Å²) < 4.78 is 18.3. The number of nitrogens with two attached hydrogens (primary N) is 1. The molecule has 1 amide bonds. The van der Waals surface area contributed by atoms with E-state index in [2.05, 4.69) is 6.92 Å². The van der Waals surface area contributed by atoms with Crippen LogP contribution in [0.1, 0.15) is 23.7 Å². The van der Waals surface area contributed by atoms with Crippen LogP contribution in [0.25, 0.3) is 0 Å². The van der Waals surface area contributed by atoms with Crippen molar-refractivity contribution in [1.82, 2.24) is 4.90 Å². The second kappa shape index (κ2) is 6.22. The molecule has 110 valence electrons. The second-order valence-corrected chi connectivity index (χ2v) is 5.36. The Kier molecular flexibility index (Phi) is 4.60. The summed E-state index contributed by atoms with van der Waals surface area (Å²) >= 11 is 0. The Bertz CT molecular complexity index is 493. The fourth-order valence-corrected chi connectivity index (χ4v) is 2.62. The van der Waals surface area contributed by atoms with Crippen molar-refractivity contribution >= 4 is 5.91 Å². The number of ether oxygens (including phenoxy) is 1. The second-order valence-electron chi connectivity index (χ2n) is 5.36. The molecule has 2 rings (SSSR count). The van der Waals surface area contributed by atoms with Gasteiger partial charge in [-0.3, -0.25) is 4.79 Å². The smallest absolute Gasteiger partial charge is 0.254 e. The van der Waals surface area contributed by atoms with Gasteiger partial charge in [-0.2, -0.15) is 0 Å². The van der Waals surface area contributed by atoms with Gasteiger partial charge in [-0.25, -0.2) is 4.39 Å². The number of hydrogen-bond acceptors (Lipinski definition) is 3. The molecule has 1 saturated heterocycles. The van der Waals surface area contributed by atoms with E-state index in [1.807, 2.05) is 0 Å². The van der Waals surface area contributed by atoms with Crippen molar-refractivity contribution in [1.29, 1.82) is 0 Å². The quantitative estimate of drug-likeness (QED) is 0.920. The minimum Gasteiger partial charge on any atom is -0.494 e. The summed E-state index contributed by atoms with van der Waals surface area (Å²) in [7, 11) is 1.39. The molecule has 2 N–H and O–H groups in total. The molecule has 1 aliphatic rings. The number of benzene rings is 1. The largest absolute Gasteiger partial charge is 0.494 e. The summed E-state index contributed by atoms with van der Waals surface area (Å²) in [5.74, 6) is 0.406. The van der Waals surface area contributed by atoms with Crippen LogP contribution in [-0.4, -0.2) is 37.6 Å². The highest BCUT2D eigenvalue weighted by atomic mass is 19.1. The molecule has 1 aromatic rings. The number of piperidine rings is 1. The first kappa shape index (κ1) is 14.8. The van der Waals surface area contributed by atoms with E-state index in [1.54, 1.807) is 4.90 Å².